The van der Waals surface area contributed by atoms with Crippen molar-refractivity contribution >= 4 is 0 Å². The maximum absolute atomic E-state index is 2.35. The molecule has 0 amide bonds. The first kappa shape index (κ1) is 17.4. The molecule has 124 valence electrons. The predicted octanol–water partition coefficient (Wildman–Crippen LogP) is 7.37. The van der Waals surface area contributed by atoms with Crippen LogP contribution < -0.4 is 0 Å². The van der Waals surface area contributed by atoms with Crippen LogP contribution in [0.3, 0.4) is 0 Å². The molecule has 2 fully saturated rings. The van der Waals surface area contributed by atoms with E-state index < -0.39 is 0 Å². The molecule has 21 heavy (non-hydrogen) atoms. The maximum Gasteiger partial charge on any atom is -0.0383 e. The molecule has 2 atom stereocenters. The lowest BCUT2D eigenvalue weighted by atomic mass is 9.67. The zero-order valence-corrected chi connectivity index (χ0v) is 14.9. The van der Waals surface area contributed by atoms with Crippen LogP contribution in [-0.2, 0) is 0 Å². The molecule has 2 aliphatic rings. The molecular formula is C21H40. The predicted molar refractivity (Wildman–Crippen MR) is 94.6 cm³/mol. The van der Waals surface area contributed by atoms with Gasteiger partial charge in [0.25, 0.3) is 0 Å². The summed E-state index contributed by atoms with van der Waals surface area (Å²) in [6.07, 6.45) is 22.8. The number of unbranched alkanes of at least 4 members (excludes halogenated alkanes) is 3. The van der Waals surface area contributed by atoms with Crippen LogP contribution in [-0.4, -0.2) is 0 Å². The van der Waals surface area contributed by atoms with E-state index in [4.69, 9.17) is 0 Å². The molecular weight excluding hydrogens is 252 g/mol. The molecule has 0 aromatic heterocycles. The molecule has 2 aliphatic carbocycles. The molecule has 2 saturated carbocycles. The molecule has 0 heterocycles. The molecule has 0 unspecified atom stereocenters. The van der Waals surface area contributed by atoms with E-state index in [1.807, 2.05) is 0 Å². The molecule has 0 aromatic carbocycles. The van der Waals surface area contributed by atoms with Crippen LogP contribution in [0.1, 0.15) is 110 Å². The quantitative estimate of drug-likeness (QED) is 0.410. The van der Waals surface area contributed by atoms with Crippen molar-refractivity contribution in [2.24, 2.45) is 23.7 Å². The Labute approximate surface area is 134 Å². The van der Waals surface area contributed by atoms with E-state index in [-0.39, 0.29) is 0 Å². The molecule has 0 nitrogen and oxygen atoms in total. The van der Waals surface area contributed by atoms with E-state index in [2.05, 4.69) is 13.8 Å². The van der Waals surface area contributed by atoms with Gasteiger partial charge in [0.1, 0.15) is 0 Å². The van der Waals surface area contributed by atoms with Crippen molar-refractivity contribution in [1.29, 1.82) is 0 Å². The Morgan fingerprint density at radius 2 is 1.33 bits per heavy atom. The third-order valence-electron chi connectivity index (χ3n) is 6.56. The minimum Gasteiger partial charge on any atom is -0.0654 e. The topological polar surface area (TPSA) is 0 Å². The monoisotopic (exact) mass is 292 g/mol. The van der Waals surface area contributed by atoms with E-state index in [1.165, 1.54) is 51.4 Å². The zero-order chi connectivity index (χ0) is 14.9. The fourth-order valence-electron chi connectivity index (χ4n) is 5.15. The summed E-state index contributed by atoms with van der Waals surface area (Å²) in [5.41, 5.74) is 0. The summed E-state index contributed by atoms with van der Waals surface area (Å²) in [6.45, 7) is 4.68. The lowest BCUT2D eigenvalue weighted by Gasteiger charge is -2.38. The van der Waals surface area contributed by atoms with Gasteiger partial charge in [0.05, 0.1) is 0 Å². The maximum atomic E-state index is 2.35. The minimum atomic E-state index is 1.09. The van der Waals surface area contributed by atoms with Gasteiger partial charge < -0.3 is 0 Å². The van der Waals surface area contributed by atoms with Crippen molar-refractivity contribution in [2.75, 3.05) is 0 Å². The molecule has 2 rings (SSSR count). The lowest BCUT2D eigenvalue weighted by molar-refractivity contribution is 0.132. The molecule has 0 N–H and O–H groups in total. The Bertz CT molecular complexity index is 249. The molecule has 0 bridgehead atoms. The second-order valence-corrected chi connectivity index (χ2v) is 8.21. The average Bonchev–Trinajstić information content (AvgIpc) is 2.54. The summed E-state index contributed by atoms with van der Waals surface area (Å²) in [4.78, 5) is 0. The van der Waals surface area contributed by atoms with Gasteiger partial charge in [-0.15, -0.1) is 0 Å². The standard InChI is InChI=1S/C21H40/c1-3-5-7-10-18-13-15-20(16-14-18)21-12-8-11-19(17-21)9-6-4-2/h18-21H,3-17H2,1-2H3/t18-,19-,20+,21-/m1/s1. The van der Waals surface area contributed by atoms with Crippen LogP contribution in [0.25, 0.3) is 0 Å². The van der Waals surface area contributed by atoms with Crippen molar-refractivity contribution in [3.8, 4) is 0 Å². The normalized spacial score (nSPS) is 34.0. The first-order chi connectivity index (χ1) is 10.3. The molecule has 0 saturated heterocycles. The van der Waals surface area contributed by atoms with Gasteiger partial charge >= 0.3 is 0 Å². The van der Waals surface area contributed by atoms with Gasteiger partial charge in [-0.2, -0.15) is 0 Å². The van der Waals surface area contributed by atoms with Crippen molar-refractivity contribution in [1.82, 2.24) is 0 Å². The number of hydrogen-bond donors (Lipinski definition) is 0. The van der Waals surface area contributed by atoms with Crippen LogP contribution in [0, 0.1) is 23.7 Å². The minimum absolute atomic E-state index is 1.09. The van der Waals surface area contributed by atoms with Crippen LogP contribution in [0.5, 0.6) is 0 Å². The Hall–Kier alpha value is 0. The van der Waals surface area contributed by atoms with Gasteiger partial charge in [0.15, 0.2) is 0 Å². The van der Waals surface area contributed by atoms with Crippen LogP contribution in [0.4, 0.5) is 0 Å². The SMILES string of the molecule is CCCCC[C@H]1CC[C@@H]([C@@H]2CCC[C@@H](CCCC)C2)CC1. The highest BCUT2D eigenvalue weighted by Gasteiger charge is 2.31. The largest absolute Gasteiger partial charge is 0.0654 e. The highest BCUT2D eigenvalue weighted by molar-refractivity contribution is 4.82. The summed E-state index contributed by atoms with van der Waals surface area (Å²) in [5, 5.41) is 0. The Balaban J connectivity index is 1.66. The van der Waals surface area contributed by atoms with E-state index in [9.17, 15) is 0 Å². The van der Waals surface area contributed by atoms with E-state index in [0.29, 0.717) is 0 Å². The van der Waals surface area contributed by atoms with Gasteiger partial charge in [-0.25, -0.2) is 0 Å². The summed E-state index contributed by atoms with van der Waals surface area (Å²) in [5.74, 6) is 4.40. The second kappa shape index (κ2) is 9.90. The van der Waals surface area contributed by atoms with E-state index in [1.54, 1.807) is 44.9 Å². The average molecular weight is 293 g/mol. The molecule has 0 spiro atoms. The number of rotatable bonds is 8. The first-order valence-corrected chi connectivity index (χ1v) is 10.3. The van der Waals surface area contributed by atoms with Crippen LogP contribution >= 0.6 is 0 Å². The van der Waals surface area contributed by atoms with Crippen molar-refractivity contribution in [3.63, 3.8) is 0 Å². The Kier molecular flexibility index (Phi) is 8.19. The summed E-state index contributed by atoms with van der Waals surface area (Å²) in [6, 6.07) is 0. The van der Waals surface area contributed by atoms with E-state index in [0.717, 1.165) is 23.7 Å². The molecule has 0 heteroatoms. The number of hydrogen-bond acceptors (Lipinski definition) is 0. The molecule has 0 radical (unpaired) electrons. The van der Waals surface area contributed by atoms with Gasteiger partial charge in [0.2, 0.25) is 0 Å². The van der Waals surface area contributed by atoms with Crippen molar-refractivity contribution in [3.05, 3.63) is 0 Å². The lowest BCUT2D eigenvalue weighted by Crippen LogP contribution is -2.26. The molecule has 0 aromatic rings. The first-order valence-electron chi connectivity index (χ1n) is 10.3. The van der Waals surface area contributed by atoms with E-state index >= 15 is 0 Å². The van der Waals surface area contributed by atoms with Crippen LogP contribution in [0.15, 0.2) is 0 Å². The third kappa shape index (κ3) is 5.95. The summed E-state index contributed by atoms with van der Waals surface area (Å²) in [7, 11) is 0. The van der Waals surface area contributed by atoms with Crippen molar-refractivity contribution in [2.45, 2.75) is 110 Å². The van der Waals surface area contributed by atoms with Gasteiger partial charge in [0, 0.05) is 0 Å². The summed E-state index contributed by atoms with van der Waals surface area (Å²) < 4.78 is 0. The highest BCUT2D eigenvalue weighted by atomic mass is 14.4. The Morgan fingerprint density at radius 1 is 0.619 bits per heavy atom. The third-order valence-corrected chi connectivity index (χ3v) is 6.56. The highest BCUT2D eigenvalue weighted by Crippen LogP contribution is 2.43. The fraction of sp³-hybridized carbons (Fsp3) is 1.00. The van der Waals surface area contributed by atoms with Crippen molar-refractivity contribution < 1.29 is 0 Å². The Morgan fingerprint density at radius 3 is 2.05 bits per heavy atom. The second-order valence-electron chi connectivity index (χ2n) is 8.21. The van der Waals surface area contributed by atoms with Gasteiger partial charge in [-0.3, -0.25) is 0 Å². The smallest absolute Gasteiger partial charge is 0.0383 e. The van der Waals surface area contributed by atoms with Gasteiger partial charge in [-0.05, 0) is 42.9 Å². The van der Waals surface area contributed by atoms with Gasteiger partial charge in [-0.1, -0.05) is 90.9 Å². The zero-order valence-electron chi connectivity index (χ0n) is 14.9. The van der Waals surface area contributed by atoms with Crippen LogP contribution in [0.2, 0.25) is 0 Å². The molecule has 0 aliphatic heterocycles. The summed E-state index contributed by atoms with van der Waals surface area (Å²) >= 11 is 0. The fourth-order valence-corrected chi connectivity index (χ4v) is 5.15.